The molecule has 2 heterocycles. The van der Waals surface area contributed by atoms with E-state index in [1.807, 2.05) is 6.07 Å². The maximum absolute atomic E-state index is 14.0. The van der Waals surface area contributed by atoms with Gasteiger partial charge < -0.3 is 5.32 Å². The van der Waals surface area contributed by atoms with Crippen molar-refractivity contribution in [3.63, 3.8) is 0 Å². The average Bonchev–Trinajstić information content (AvgIpc) is 3.19. The van der Waals surface area contributed by atoms with Crippen LogP contribution in [-0.4, -0.2) is 15.9 Å². The highest BCUT2D eigenvalue weighted by molar-refractivity contribution is 7.13. The normalized spacial score (nSPS) is 19.1. The Labute approximate surface area is 172 Å². The third kappa shape index (κ3) is 4.19. The van der Waals surface area contributed by atoms with E-state index in [9.17, 15) is 13.6 Å². The van der Waals surface area contributed by atoms with Crippen LogP contribution in [0.2, 0.25) is 0 Å². The summed E-state index contributed by atoms with van der Waals surface area (Å²) in [6, 6.07) is 5.60. The zero-order chi connectivity index (χ0) is 20.4. The molecule has 0 saturated heterocycles. The molecule has 1 saturated carbocycles. The summed E-state index contributed by atoms with van der Waals surface area (Å²) in [6.45, 7) is 2.27. The van der Waals surface area contributed by atoms with Crippen molar-refractivity contribution in [3.8, 4) is 10.6 Å². The molecular formula is C22H21F2N3OS. The minimum Gasteiger partial charge on any atom is -0.319 e. The monoisotopic (exact) mass is 413 g/mol. The SMILES string of the molecule is CC1CCC(c2ccncc2NC(=O)c2csc(-c3c(F)cccc3F)n2)CC1. The fourth-order valence-electron chi connectivity index (χ4n) is 3.82. The topological polar surface area (TPSA) is 54.9 Å². The summed E-state index contributed by atoms with van der Waals surface area (Å²) in [5.74, 6) is -0.691. The van der Waals surface area contributed by atoms with E-state index in [1.165, 1.54) is 36.4 Å². The van der Waals surface area contributed by atoms with E-state index in [1.54, 1.807) is 12.4 Å². The molecule has 1 aliphatic carbocycles. The van der Waals surface area contributed by atoms with Crippen LogP contribution in [0.15, 0.2) is 42.0 Å². The van der Waals surface area contributed by atoms with Crippen LogP contribution in [0.4, 0.5) is 14.5 Å². The van der Waals surface area contributed by atoms with E-state index in [4.69, 9.17) is 0 Å². The summed E-state index contributed by atoms with van der Waals surface area (Å²) in [6.07, 6.45) is 7.90. The minimum absolute atomic E-state index is 0.125. The van der Waals surface area contributed by atoms with Crippen LogP contribution in [0.1, 0.15) is 54.6 Å². The van der Waals surface area contributed by atoms with E-state index in [2.05, 4.69) is 22.2 Å². The number of amides is 1. The van der Waals surface area contributed by atoms with Gasteiger partial charge in [-0.15, -0.1) is 11.3 Å². The lowest BCUT2D eigenvalue weighted by Crippen LogP contribution is -2.17. The fraction of sp³-hybridized carbons (Fsp3) is 0.318. The Morgan fingerprint density at radius 3 is 2.59 bits per heavy atom. The third-order valence-corrected chi connectivity index (χ3v) is 6.33. The first-order valence-corrected chi connectivity index (χ1v) is 10.6. The highest BCUT2D eigenvalue weighted by Crippen LogP contribution is 2.38. The van der Waals surface area contributed by atoms with Crippen LogP contribution in [0.3, 0.4) is 0 Å². The predicted octanol–water partition coefficient (Wildman–Crippen LogP) is 6.03. The first kappa shape index (κ1) is 19.6. The summed E-state index contributed by atoms with van der Waals surface area (Å²) in [7, 11) is 0. The smallest absolute Gasteiger partial charge is 0.275 e. The quantitative estimate of drug-likeness (QED) is 0.568. The lowest BCUT2D eigenvalue weighted by molar-refractivity contribution is 0.102. The summed E-state index contributed by atoms with van der Waals surface area (Å²) in [5, 5.41) is 4.53. The predicted molar refractivity (Wildman–Crippen MR) is 110 cm³/mol. The van der Waals surface area contributed by atoms with Crippen molar-refractivity contribution in [1.82, 2.24) is 9.97 Å². The molecule has 1 amide bonds. The standard InChI is InChI=1S/C22H21F2N3OS/c1-13-5-7-14(8-6-13)15-9-10-25-11-18(15)26-21(28)19-12-29-22(27-19)20-16(23)3-2-4-17(20)24/h2-4,9-14H,5-8H2,1H3,(H,26,28). The van der Waals surface area contributed by atoms with Crippen molar-refractivity contribution in [1.29, 1.82) is 0 Å². The Bertz CT molecular complexity index is 1010. The lowest BCUT2D eigenvalue weighted by atomic mass is 9.79. The summed E-state index contributed by atoms with van der Waals surface area (Å²) < 4.78 is 28.0. The van der Waals surface area contributed by atoms with E-state index < -0.39 is 17.5 Å². The molecule has 0 radical (unpaired) electrons. The molecule has 0 atom stereocenters. The van der Waals surface area contributed by atoms with Gasteiger partial charge in [0.2, 0.25) is 0 Å². The molecule has 0 bridgehead atoms. The van der Waals surface area contributed by atoms with E-state index in [-0.39, 0.29) is 16.3 Å². The fourth-order valence-corrected chi connectivity index (χ4v) is 4.66. The summed E-state index contributed by atoms with van der Waals surface area (Å²) >= 11 is 1.03. The third-order valence-electron chi connectivity index (χ3n) is 5.47. The molecule has 4 nitrogen and oxygen atoms in total. The molecule has 0 aliphatic heterocycles. The van der Waals surface area contributed by atoms with Gasteiger partial charge >= 0.3 is 0 Å². The van der Waals surface area contributed by atoms with E-state index in [0.29, 0.717) is 11.6 Å². The molecule has 0 unspecified atom stereocenters. The van der Waals surface area contributed by atoms with Crippen LogP contribution in [0, 0.1) is 17.6 Å². The number of aromatic nitrogens is 2. The molecule has 1 N–H and O–H groups in total. The number of rotatable bonds is 4. The van der Waals surface area contributed by atoms with Crippen molar-refractivity contribution < 1.29 is 13.6 Å². The van der Waals surface area contributed by atoms with Crippen LogP contribution in [0.5, 0.6) is 0 Å². The second kappa shape index (κ2) is 8.37. The highest BCUT2D eigenvalue weighted by atomic mass is 32.1. The molecule has 1 fully saturated rings. The van der Waals surface area contributed by atoms with Gasteiger partial charge in [-0.2, -0.15) is 0 Å². The summed E-state index contributed by atoms with van der Waals surface area (Å²) in [4.78, 5) is 21.0. The van der Waals surface area contributed by atoms with Gasteiger partial charge in [0.1, 0.15) is 22.3 Å². The lowest BCUT2D eigenvalue weighted by Gasteiger charge is -2.27. The van der Waals surface area contributed by atoms with Crippen molar-refractivity contribution in [2.75, 3.05) is 5.32 Å². The van der Waals surface area contributed by atoms with Crippen molar-refractivity contribution in [2.24, 2.45) is 5.92 Å². The second-order valence-corrected chi connectivity index (χ2v) is 8.37. The molecule has 1 aliphatic rings. The number of thiazole rings is 1. The molecule has 29 heavy (non-hydrogen) atoms. The van der Waals surface area contributed by atoms with Gasteiger partial charge in [0, 0.05) is 11.6 Å². The zero-order valence-corrected chi connectivity index (χ0v) is 16.8. The van der Waals surface area contributed by atoms with Gasteiger partial charge in [0.25, 0.3) is 5.91 Å². The number of pyridine rings is 1. The number of hydrogen-bond acceptors (Lipinski definition) is 4. The van der Waals surface area contributed by atoms with Crippen molar-refractivity contribution in [3.05, 3.63) is 64.9 Å². The van der Waals surface area contributed by atoms with Gasteiger partial charge in [-0.1, -0.05) is 25.8 Å². The van der Waals surface area contributed by atoms with Crippen LogP contribution in [-0.2, 0) is 0 Å². The number of carbonyl (C=O) groups is 1. The number of hydrogen-bond donors (Lipinski definition) is 1. The number of nitrogens with zero attached hydrogens (tertiary/aromatic N) is 2. The maximum atomic E-state index is 14.0. The minimum atomic E-state index is -0.701. The van der Waals surface area contributed by atoms with Crippen LogP contribution >= 0.6 is 11.3 Å². The molecule has 1 aromatic carbocycles. The molecule has 4 rings (SSSR count). The van der Waals surface area contributed by atoms with E-state index >= 15 is 0 Å². The van der Waals surface area contributed by atoms with Gasteiger partial charge in [0.05, 0.1) is 17.4 Å². The molecular weight excluding hydrogens is 392 g/mol. The zero-order valence-electron chi connectivity index (χ0n) is 16.0. The van der Waals surface area contributed by atoms with Crippen LogP contribution < -0.4 is 5.32 Å². The first-order valence-electron chi connectivity index (χ1n) is 9.68. The number of carbonyl (C=O) groups excluding carboxylic acids is 1. The number of nitrogens with one attached hydrogen (secondary N) is 1. The number of benzene rings is 1. The first-order chi connectivity index (χ1) is 14.0. The Morgan fingerprint density at radius 2 is 1.86 bits per heavy atom. The number of anilines is 1. The van der Waals surface area contributed by atoms with Crippen molar-refractivity contribution >= 4 is 22.9 Å². The Kier molecular flexibility index (Phi) is 5.67. The average molecular weight is 413 g/mol. The molecule has 3 aromatic rings. The Balaban J connectivity index is 1.55. The molecule has 7 heteroatoms. The van der Waals surface area contributed by atoms with Crippen LogP contribution in [0.25, 0.3) is 10.6 Å². The highest BCUT2D eigenvalue weighted by Gasteiger charge is 2.23. The largest absolute Gasteiger partial charge is 0.319 e. The number of halogens is 2. The van der Waals surface area contributed by atoms with Gasteiger partial charge in [-0.25, -0.2) is 13.8 Å². The Morgan fingerprint density at radius 1 is 1.14 bits per heavy atom. The van der Waals surface area contributed by atoms with E-state index in [0.717, 1.165) is 35.7 Å². The second-order valence-electron chi connectivity index (χ2n) is 7.51. The summed E-state index contributed by atoms with van der Waals surface area (Å²) in [5.41, 5.74) is 1.66. The molecule has 2 aromatic heterocycles. The van der Waals surface area contributed by atoms with Gasteiger partial charge in [-0.05, 0) is 48.4 Å². The van der Waals surface area contributed by atoms with Crippen molar-refractivity contribution in [2.45, 2.75) is 38.5 Å². The Hall–Kier alpha value is -2.67. The van der Waals surface area contributed by atoms with Gasteiger partial charge in [0.15, 0.2) is 0 Å². The van der Waals surface area contributed by atoms with Gasteiger partial charge in [-0.3, -0.25) is 9.78 Å². The molecule has 0 spiro atoms. The molecule has 150 valence electrons. The maximum Gasteiger partial charge on any atom is 0.275 e.